The summed E-state index contributed by atoms with van der Waals surface area (Å²) in [6, 6.07) is 7.74. The first-order chi connectivity index (χ1) is 10.2. The first-order valence-corrected chi connectivity index (χ1v) is 8.11. The monoisotopic (exact) mass is 308 g/mol. The standard InChI is InChI=1S/C16H20O4S/c1-3-20-15(18)8-11-10-21-16(13(11)9-17)12-6-4-5-7-14(12)19-2/h4-7,9,11,13,16H,3,8,10H2,1-2H3/t11-,13+,16-/m1/s1. The lowest BCUT2D eigenvalue weighted by Gasteiger charge is -2.20. The molecule has 0 radical (unpaired) electrons. The number of carbonyl (C=O) groups excluding carboxylic acids is 2. The van der Waals surface area contributed by atoms with E-state index in [4.69, 9.17) is 9.47 Å². The number of methoxy groups -OCH3 is 1. The van der Waals surface area contributed by atoms with Crippen molar-refractivity contribution >= 4 is 24.0 Å². The largest absolute Gasteiger partial charge is 0.496 e. The summed E-state index contributed by atoms with van der Waals surface area (Å²) in [6.45, 7) is 2.16. The zero-order valence-corrected chi connectivity index (χ0v) is 13.1. The number of rotatable bonds is 6. The van der Waals surface area contributed by atoms with Crippen LogP contribution in [-0.4, -0.2) is 31.7 Å². The molecule has 0 spiro atoms. The molecule has 1 saturated heterocycles. The summed E-state index contributed by atoms with van der Waals surface area (Å²) < 4.78 is 10.4. The molecule has 5 heteroatoms. The van der Waals surface area contributed by atoms with Gasteiger partial charge >= 0.3 is 5.97 Å². The lowest BCUT2D eigenvalue weighted by Crippen LogP contribution is -2.21. The van der Waals surface area contributed by atoms with Gasteiger partial charge in [-0.2, -0.15) is 11.8 Å². The lowest BCUT2D eigenvalue weighted by atomic mass is 9.86. The van der Waals surface area contributed by atoms with Crippen molar-refractivity contribution in [2.24, 2.45) is 11.8 Å². The molecule has 1 aliphatic heterocycles. The molecule has 0 unspecified atom stereocenters. The van der Waals surface area contributed by atoms with Crippen LogP contribution in [0.2, 0.25) is 0 Å². The Balaban J connectivity index is 2.15. The van der Waals surface area contributed by atoms with E-state index in [9.17, 15) is 9.59 Å². The molecule has 1 aromatic carbocycles. The Kier molecular flexibility index (Phi) is 5.67. The van der Waals surface area contributed by atoms with E-state index in [1.54, 1.807) is 25.8 Å². The minimum Gasteiger partial charge on any atom is -0.496 e. The van der Waals surface area contributed by atoms with E-state index in [2.05, 4.69) is 0 Å². The van der Waals surface area contributed by atoms with Crippen LogP contribution in [0.15, 0.2) is 24.3 Å². The van der Waals surface area contributed by atoms with E-state index >= 15 is 0 Å². The Morgan fingerprint density at radius 3 is 2.86 bits per heavy atom. The van der Waals surface area contributed by atoms with Gasteiger partial charge in [-0.1, -0.05) is 18.2 Å². The zero-order chi connectivity index (χ0) is 15.2. The number of ether oxygens (including phenoxy) is 2. The maximum atomic E-state index is 11.7. The van der Waals surface area contributed by atoms with Crippen LogP contribution < -0.4 is 4.74 Å². The number of benzene rings is 1. The van der Waals surface area contributed by atoms with Gasteiger partial charge in [-0.25, -0.2) is 0 Å². The van der Waals surface area contributed by atoms with Gasteiger partial charge in [0.2, 0.25) is 0 Å². The third-order valence-corrected chi connectivity index (χ3v) is 5.27. The van der Waals surface area contributed by atoms with E-state index in [1.165, 1.54) is 0 Å². The van der Waals surface area contributed by atoms with Gasteiger partial charge in [-0.15, -0.1) is 0 Å². The number of aldehydes is 1. The number of carbonyl (C=O) groups is 2. The smallest absolute Gasteiger partial charge is 0.306 e. The van der Waals surface area contributed by atoms with Crippen LogP contribution in [0.25, 0.3) is 0 Å². The average molecular weight is 308 g/mol. The van der Waals surface area contributed by atoms with Crippen LogP contribution in [0, 0.1) is 11.8 Å². The number of thioether (sulfide) groups is 1. The summed E-state index contributed by atoms with van der Waals surface area (Å²) in [5, 5.41) is 0.0399. The molecule has 21 heavy (non-hydrogen) atoms. The van der Waals surface area contributed by atoms with Crippen LogP contribution >= 0.6 is 11.8 Å². The summed E-state index contributed by atoms with van der Waals surface area (Å²) in [4.78, 5) is 23.2. The van der Waals surface area contributed by atoms with Gasteiger partial charge in [0.05, 0.1) is 13.7 Å². The molecular weight excluding hydrogens is 288 g/mol. The minimum atomic E-state index is -0.226. The van der Waals surface area contributed by atoms with Gasteiger partial charge in [0, 0.05) is 23.2 Å². The highest BCUT2D eigenvalue weighted by molar-refractivity contribution is 7.99. The van der Waals surface area contributed by atoms with Crippen molar-refractivity contribution in [1.82, 2.24) is 0 Å². The third-order valence-electron chi connectivity index (χ3n) is 3.72. The van der Waals surface area contributed by atoms with Crippen LogP contribution in [0.1, 0.15) is 24.2 Å². The fourth-order valence-electron chi connectivity index (χ4n) is 2.71. The van der Waals surface area contributed by atoms with Gasteiger partial charge in [0.25, 0.3) is 0 Å². The van der Waals surface area contributed by atoms with Gasteiger partial charge in [0.1, 0.15) is 12.0 Å². The molecule has 4 nitrogen and oxygen atoms in total. The maximum Gasteiger partial charge on any atom is 0.306 e. The van der Waals surface area contributed by atoms with Crippen molar-refractivity contribution in [2.45, 2.75) is 18.6 Å². The topological polar surface area (TPSA) is 52.6 Å². The Bertz CT molecular complexity index is 503. The fraction of sp³-hybridized carbons (Fsp3) is 0.500. The Morgan fingerprint density at radius 2 is 2.19 bits per heavy atom. The Morgan fingerprint density at radius 1 is 1.43 bits per heavy atom. The molecule has 0 aromatic heterocycles. The van der Waals surface area contributed by atoms with Crippen LogP contribution in [0.3, 0.4) is 0 Å². The summed E-state index contributed by atoms with van der Waals surface area (Å²) in [5.41, 5.74) is 1.02. The number of esters is 1. The van der Waals surface area contributed by atoms with Crippen molar-refractivity contribution in [2.75, 3.05) is 19.5 Å². The molecule has 114 valence electrons. The van der Waals surface area contributed by atoms with E-state index in [0.717, 1.165) is 23.4 Å². The third kappa shape index (κ3) is 3.59. The molecule has 0 amide bonds. The van der Waals surface area contributed by atoms with Gasteiger partial charge in [-0.3, -0.25) is 4.79 Å². The molecule has 1 aromatic rings. The second-order valence-corrected chi connectivity index (χ2v) is 6.15. The summed E-state index contributed by atoms with van der Waals surface area (Å²) in [6.07, 6.45) is 1.27. The van der Waals surface area contributed by atoms with Gasteiger partial charge < -0.3 is 14.3 Å². The van der Waals surface area contributed by atoms with Gasteiger partial charge in [-0.05, 0) is 24.7 Å². The van der Waals surface area contributed by atoms with Gasteiger partial charge in [0.15, 0.2) is 0 Å². The summed E-state index contributed by atoms with van der Waals surface area (Å²) >= 11 is 1.71. The molecule has 2 rings (SSSR count). The minimum absolute atomic E-state index is 0.0291. The predicted molar refractivity (Wildman–Crippen MR) is 82.5 cm³/mol. The second-order valence-electron chi connectivity index (χ2n) is 4.98. The highest BCUT2D eigenvalue weighted by atomic mass is 32.2. The molecule has 0 bridgehead atoms. The molecule has 1 heterocycles. The second kappa shape index (κ2) is 7.50. The van der Waals surface area contributed by atoms with Crippen molar-refractivity contribution in [3.63, 3.8) is 0 Å². The highest BCUT2D eigenvalue weighted by Gasteiger charge is 2.39. The SMILES string of the molecule is CCOC(=O)C[C@@H]1CS[C@H](c2ccccc2OC)[C@H]1C=O. The zero-order valence-electron chi connectivity index (χ0n) is 12.3. The number of hydrogen-bond donors (Lipinski definition) is 0. The average Bonchev–Trinajstić information content (AvgIpc) is 2.89. The van der Waals surface area contributed by atoms with Crippen molar-refractivity contribution in [1.29, 1.82) is 0 Å². The van der Waals surface area contributed by atoms with E-state index in [1.807, 2.05) is 24.3 Å². The van der Waals surface area contributed by atoms with Crippen molar-refractivity contribution in [3.05, 3.63) is 29.8 Å². The highest BCUT2D eigenvalue weighted by Crippen LogP contribution is 2.50. The van der Waals surface area contributed by atoms with E-state index in [-0.39, 0.29) is 23.1 Å². The van der Waals surface area contributed by atoms with Crippen LogP contribution in [0.5, 0.6) is 5.75 Å². The number of hydrogen-bond acceptors (Lipinski definition) is 5. The molecule has 0 N–H and O–H groups in total. The normalized spacial score (nSPS) is 24.6. The van der Waals surface area contributed by atoms with Crippen LogP contribution in [-0.2, 0) is 14.3 Å². The molecule has 0 aliphatic carbocycles. The van der Waals surface area contributed by atoms with E-state index < -0.39 is 0 Å². The lowest BCUT2D eigenvalue weighted by molar-refractivity contribution is -0.144. The first kappa shape index (κ1) is 15.9. The fourth-order valence-corrected chi connectivity index (χ4v) is 4.38. The summed E-state index contributed by atoms with van der Waals surface area (Å²) in [5.74, 6) is 1.19. The molecule has 3 atom stereocenters. The van der Waals surface area contributed by atoms with E-state index in [0.29, 0.717) is 13.0 Å². The Hall–Kier alpha value is -1.49. The molecule has 0 saturated carbocycles. The molecule has 1 aliphatic rings. The molecular formula is C16H20O4S. The molecule has 1 fully saturated rings. The first-order valence-electron chi connectivity index (χ1n) is 7.06. The van der Waals surface area contributed by atoms with Crippen molar-refractivity contribution < 1.29 is 19.1 Å². The maximum absolute atomic E-state index is 11.7. The van der Waals surface area contributed by atoms with Crippen molar-refractivity contribution in [3.8, 4) is 5.75 Å². The number of para-hydroxylation sites is 1. The predicted octanol–water partition coefficient (Wildman–Crippen LogP) is 2.87. The summed E-state index contributed by atoms with van der Waals surface area (Å²) in [7, 11) is 1.63. The quantitative estimate of drug-likeness (QED) is 0.597. The Labute approximate surface area is 129 Å². The van der Waals surface area contributed by atoms with Crippen LogP contribution in [0.4, 0.5) is 0 Å².